The molecule has 5 heteroatoms. The highest BCUT2D eigenvalue weighted by molar-refractivity contribution is 9.10. The molecule has 1 N–H and O–H groups in total. The van der Waals surface area contributed by atoms with E-state index in [-0.39, 0.29) is 0 Å². The zero-order valence-electron chi connectivity index (χ0n) is 9.45. The van der Waals surface area contributed by atoms with Gasteiger partial charge in [-0.3, -0.25) is 5.10 Å². The second-order valence-corrected chi connectivity index (χ2v) is 6.25. The second-order valence-electron chi connectivity index (χ2n) is 4.48. The molecule has 0 bridgehead atoms. The maximum Gasteiger partial charge on any atom is 0.192 e. The summed E-state index contributed by atoms with van der Waals surface area (Å²) in [6.45, 7) is 0. The summed E-state index contributed by atoms with van der Waals surface area (Å²) in [5, 5.41) is 9.51. The van der Waals surface area contributed by atoms with Crippen LogP contribution in [0, 0.1) is 0 Å². The Bertz CT molecular complexity index is 499. The Morgan fingerprint density at radius 1 is 1.29 bits per heavy atom. The van der Waals surface area contributed by atoms with Crippen LogP contribution in [-0.2, 0) is 0 Å². The molecule has 0 amide bonds. The monoisotopic (exact) mass is 311 g/mol. The van der Waals surface area contributed by atoms with Gasteiger partial charge < -0.3 is 0 Å². The van der Waals surface area contributed by atoms with Gasteiger partial charge in [0.15, 0.2) is 5.82 Å². The third-order valence-corrected chi connectivity index (χ3v) is 5.15. The summed E-state index contributed by atoms with van der Waals surface area (Å²) < 4.78 is 1.08. The van der Waals surface area contributed by atoms with Crippen molar-refractivity contribution in [2.45, 2.75) is 38.0 Å². The number of hydrogen-bond acceptors (Lipinski definition) is 3. The van der Waals surface area contributed by atoms with Crippen molar-refractivity contribution in [3.05, 3.63) is 21.7 Å². The molecule has 2 aromatic rings. The van der Waals surface area contributed by atoms with Gasteiger partial charge in [0, 0.05) is 10.4 Å². The number of nitrogens with zero attached hydrogens (tertiary/aromatic N) is 2. The molecule has 1 fully saturated rings. The van der Waals surface area contributed by atoms with Crippen LogP contribution in [0.2, 0.25) is 0 Å². The zero-order chi connectivity index (χ0) is 11.7. The lowest BCUT2D eigenvalue weighted by atomic mass is 9.89. The van der Waals surface area contributed by atoms with Gasteiger partial charge in [0.1, 0.15) is 5.82 Å². The Kier molecular flexibility index (Phi) is 3.29. The fourth-order valence-electron chi connectivity index (χ4n) is 2.39. The van der Waals surface area contributed by atoms with E-state index in [1.807, 2.05) is 6.07 Å². The Labute approximate surface area is 113 Å². The summed E-state index contributed by atoms with van der Waals surface area (Å²) in [7, 11) is 0. The van der Waals surface area contributed by atoms with Gasteiger partial charge in [-0.05, 0) is 40.2 Å². The summed E-state index contributed by atoms with van der Waals surface area (Å²) in [6.07, 6.45) is 6.52. The molecule has 1 aliphatic carbocycles. The van der Waals surface area contributed by atoms with Crippen molar-refractivity contribution in [3.63, 3.8) is 0 Å². The van der Waals surface area contributed by atoms with Gasteiger partial charge in [-0.15, -0.1) is 11.3 Å². The maximum absolute atomic E-state index is 4.65. The predicted octanol–water partition coefficient (Wildman–Crippen LogP) is 4.34. The van der Waals surface area contributed by atoms with E-state index in [9.17, 15) is 0 Å². The number of halogens is 1. The van der Waals surface area contributed by atoms with E-state index >= 15 is 0 Å². The Hall–Kier alpha value is -0.680. The van der Waals surface area contributed by atoms with Gasteiger partial charge >= 0.3 is 0 Å². The van der Waals surface area contributed by atoms with Gasteiger partial charge in [0.05, 0.1) is 4.88 Å². The van der Waals surface area contributed by atoms with Crippen LogP contribution in [-0.4, -0.2) is 15.2 Å². The summed E-state index contributed by atoms with van der Waals surface area (Å²) in [6, 6.07) is 2.04. The van der Waals surface area contributed by atoms with Crippen molar-refractivity contribution < 1.29 is 0 Å². The quantitative estimate of drug-likeness (QED) is 0.896. The van der Waals surface area contributed by atoms with E-state index in [2.05, 4.69) is 36.5 Å². The molecule has 0 spiro atoms. The molecular weight excluding hydrogens is 298 g/mol. The molecule has 0 aliphatic heterocycles. The van der Waals surface area contributed by atoms with E-state index in [4.69, 9.17) is 0 Å². The largest absolute Gasteiger partial charge is 0.262 e. The van der Waals surface area contributed by atoms with E-state index in [0.717, 1.165) is 21.0 Å². The van der Waals surface area contributed by atoms with Gasteiger partial charge in [-0.25, -0.2) is 4.98 Å². The van der Waals surface area contributed by atoms with E-state index in [0.29, 0.717) is 5.92 Å². The molecule has 3 rings (SSSR count). The van der Waals surface area contributed by atoms with Crippen LogP contribution in [0.15, 0.2) is 15.9 Å². The Balaban J connectivity index is 1.85. The van der Waals surface area contributed by atoms with E-state index < -0.39 is 0 Å². The number of hydrogen-bond donors (Lipinski definition) is 1. The molecule has 0 aromatic carbocycles. The van der Waals surface area contributed by atoms with Crippen LogP contribution in [0.4, 0.5) is 0 Å². The van der Waals surface area contributed by atoms with Gasteiger partial charge in [0.2, 0.25) is 0 Å². The molecule has 1 saturated carbocycles. The molecule has 17 heavy (non-hydrogen) atoms. The standard InChI is InChI=1S/C12H14BrN3S/c13-9-6-7-17-10(9)12-14-11(15-16-12)8-4-2-1-3-5-8/h6-8H,1-5H2,(H,14,15,16). The average molecular weight is 312 g/mol. The van der Waals surface area contributed by atoms with Crippen LogP contribution < -0.4 is 0 Å². The number of H-pyrrole nitrogens is 1. The van der Waals surface area contributed by atoms with Gasteiger partial charge in [-0.1, -0.05) is 19.3 Å². The molecule has 3 nitrogen and oxygen atoms in total. The van der Waals surface area contributed by atoms with Crippen molar-refractivity contribution in [3.8, 4) is 10.7 Å². The van der Waals surface area contributed by atoms with Crippen molar-refractivity contribution in [2.24, 2.45) is 0 Å². The topological polar surface area (TPSA) is 41.6 Å². The molecule has 0 atom stereocenters. The predicted molar refractivity (Wildman–Crippen MR) is 73.2 cm³/mol. The highest BCUT2D eigenvalue weighted by Crippen LogP contribution is 2.34. The van der Waals surface area contributed by atoms with Crippen LogP contribution in [0.3, 0.4) is 0 Å². The normalized spacial score (nSPS) is 17.5. The average Bonchev–Trinajstić information content (AvgIpc) is 2.98. The molecule has 0 saturated heterocycles. The first kappa shape index (κ1) is 11.4. The number of rotatable bonds is 2. The molecule has 1 aliphatic rings. The number of aromatic amines is 1. The maximum atomic E-state index is 4.65. The number of nitrogens with one attached hydrogen (secondary N) is 1. The first-order chi connectivity index (χ1) is 8.34. The zero-order valence-corrected chi connectivity index (χ0v) is 11.9. The van der Waals surface area contributed by atoms with E-state index in [1.54, 1.807) is 11.3 Å². The van der Waals surface area contributed by atoms with Crippen LogP contribution in [0.5, 0.6) is 0 Å². The highest BCUT2D eigenvalue weighted by atomic mass is 79.9. The summed E-state index contributed by atoms with van der Waals surface area (Å²) in [4.78, 5) is 5.77. The lowest BCUT2D eigenvalue weighted by molar-refractivity contribution is 0.429. The first-order valence-corrected chi connectivity index (χ1v) is 7.67. The second kappa shape index (κ2) is 4.90. The van der Waals surface area contributed by atoms with Gasteiger partial charge in [-0.2, -0.15) is 5.10 Å². The fraction of sp³-hybridized carbons (Fsp3) is 0.500. The van der Waals surface area contributed by atoms with Crippen LogP contribution in [0.1, 0.15) is 43.8 Å². The molecule has 0 radical (unpaired) electrons. The molecular formula is C12H14BrN3S. The molecule has 2 heterocycles. The lowest BCUT2D eigenvalue weighted by Crippen LogP contribution is -2.06. The molecule has 90 valence electrons. The minimum absolute atomic E-state index is 0.587. The van der Waals surface area contributed by atoms with Crippen molar-refractivity contribution >= 4 is 27.3 Å². The van der Waals surface area contributed by atoms with Crippen LogP contribution >= 0.6 is 27.3 Å². The van der Waals surface area contributed by atoms with Gasteiger partial charge in [0.25, 0.3) is 0 Å². The minimum Gasteiger partial charge on any atom is -0.262 e. The Morgan fingerprint density at radius 3 is 2.82 bits per heavy atom. The van der Waals surface area contributed by atoms with Crippen LogP contribution in [0.25, 0.3) is 10.7 Å². The van der Waals surface area contributed by atoms with Crippen molar-refractivity contribution in [2.75, 3.05) is 0 Å². The molecule has 2 aromatic heterocycles. The summed E-state index contributed by atoms with van der Waals surface area (Å²) in [5.41, 5.74) is 0. The number of thiophene rings is 1. The lowest BCUT2D eigenvalue weighted by Gasteiger charge is -2.18. The van der Waals surface area contributed by atoms with Crippen molar-refractivity contribution in [1.82, 2.24) is 15.2 Å². The summed E-state index contributed by atoms with van der Waals surface area (Å²) >= 11 is 5.20. The summed E-state index contributed by atoms with van der Waals surface area (Å²) in [5.74, 6) is 2.48. The Morgan fingerprint density at radius 2 is 2.12 bits per heavy atom. The minimum atomic E-state index is 0.587. The highest BCUT2D eigenvalue weighted by Gasteiger charge is 2.20. The first-order valence-electron chi connectivity index (χ1n) is 6.00. The van der Waals surface area contributed by atoms with E-state index in [1.165, 1.54) is 32.1 Å². The smallest absolute Gasteiger partial charge is 0.192 e. The SMILES string of the molecule is Brc1ccsc1-c1n[nH]c(C2CCCCC2)n1. The molecule has 0 unspecified atom stereocenters. The van der Waals surface area contributed by atoms with Crippen molar-refractivity contribution in [1.29, 1.82) is 0 Å². The third kappa shape index (κ3) is 2.31. The third-order valence-electron chi connectivity index (χ3n) is 3.31. The fourth-order valence-corrected chi connectivity index (χ4v) is 3.87. The number of aromatic nitrogens is 3.